The summed E-state index contributed by atoms with van der Waals surface area (Å²) in [7, 11) is 0. The molecule has 0 radical (unpaired) electrons. The Hall–Kier alpha value is -7.41. The largest absolute Gasteiger partial charge is 0.613 e. The third kappa shape index (κ3) is 5.19. The lowest BCUT2D eigenvalue weighted by Crippen LogP contribution is -2.33. The zero-order chi connectivity index (χ0) is 37.5. The Balaban J connectivity index is 0.913. The third-order valence-corrected chi connectivity index (χ3v) is 11.4. The van der Waals surface area contributed by atoms with Crippen molar-refractivity contribution in [3.8, 4) is 16.8 Å². The SMILES string of the molecule is c1ccc(C2=NC(c3ccccc3)[N-]C(c3ccc4c(c3)oc3ccc(-c5ccc6oc7ccc(-n8c9ccccc9c9ccccc98)cc7c6c5)cc34)N2)cc1. The molecule has 0 aliphatic carbocycles. The smallest absolute Gasteiger partial charge is 0.135 e. The van der Waals surface area contributed by atoms with Gasteiger partial charge in [-0.1, -0.05) is 121 Å². The first-order chi connectivity index (χ1) is 28.2. The molecule has 0 fully saturated rings. The van der Waals surface area contributed by atoms with Crippen LogP contribution in [-0.2, 0) is 0 Å². The lowest BCUT2D eigenvalue weighted by molar-refractivity contribution is 0.627. The number of furan rings is 2. The van der Waals surface area contributed by atoms with Gasteiger partial charge < -0.3 is 24.0 Å². The normalized spacial score (nSPS) is 15.9. The van der Waals surface area contributed by atoms with Crippen molar-refractivity contribution >= 4 is 71.5 Å². The average molecular weight is 734 g/mol. The number of rotatable bonds is 5. The molecule has 12 rings (SSSR count). The minimum Gasteiger partial charge on any atom is -0.613 e. The molecular formula is C51H33N4O2-. The highest BCUT2D eigenvalue weighted by atomic mass is 16.3. The van der Waals surface area contributed by atoms with E-state index in [1.807, 2.05) is 36.4 Å². The quantitative estimate of drug-likeness (QED) is 0.191. The van der Waals surface area contributed by atoms with E-state index in [0.717, 1.165) is 83.2 Å². The molecular weight excluding hydrogens is 701 g/mol. The standard InChI is InChI=1S/C51H33N4O2/c1-3-11-31(12-4-1)49-52-50(32-13-5-2-6-14-32)54-51(53-49)35-19-23-39-40-27-33(20-24-45(40)57-48(39)29-35)34-21-25-46-41(28-34)42-30-36(22-26-47(42)56-46)55-43-17-9-7-15-37(43)38-16-8-10-18-44(38)55/h1-30,49,51H,(H,52,54)/q-1. The van der Waals surface area contributed by atoms with E-state index in [1.54, 1.807) is 0 Å². The molecule has 0 amide bonds. The Morgan fingerprint density at radius 2 is 1.02 bits per heavy atom. The summed E-state index contributed by atoms with van der Waals surface area (Å²) >= 11 is 0. The minimum absolute atomic E-state index is 0.303. The molecule has 6 nitrogen and oxygen atoms in total. The van der Waals surface area contributed by atoms with E-state index in [0.29, 0.717) is 0 Å². The molecule has 2 unspecified atom stereocenters. The highest BCUT2D eigenvalue weighted by Crippen LogP contribution is 2.41. The molecule has 11 aromatic rings. The fourth-order valence-corrected chi connectivity index (χ4v) is 8.64. The van der Waals surface area contributed by atoms with Crippen LogP contribution in [0.25, 0.3) is 87.8 Å². The molecule has 4 heterocycles. The topological polar surface area (TPSA) is 69.7 Å². The second-order valence-corrected chi connectivity index (χ2v) is 14.8. The lowest BCUT2D eigenvalue weighted by Gasteiger charge is -2.43. The van der Waals surface area contributed by atoms with Crippen molar-refractivity contribution in [3.05, 3.63) is 204 Å². The van der Waals surface area contributed by atoms with E-state index in [2.05, 4.69) is 155 Å². The predicted molar refractivity (Wildman–Crippen MR) is 232 cm³/mol. The highest BCUT2D eigenvalue weighted by molar-refractivity contribution is 6.11. The van der Waals surface area contributed by atoms with Crippen LogP contribution in [0, 0.1) is 0 Å². The number of nitrogens with one attached hydrogen (secondary N) is 1. The van der Waals surface area contributed by atoms with Gasteiger partial charge in [0, 0.05) is 43.6 Å². The van der Waals surface area contributed by atoms with Crippen LogP contribution >= 0.6 is 0 Å². The van der Waals surface area contributed by atoms with Gasteiger partial charge in [0.15, 0.2) is 0 Å². The predicted octanol–water partition coefficient (Wildman–Crippen LogP) is 13.4. The van der Waals surface area contributed by atoms with Gasteiger partial charge >= 0.3 is 0 Å². The summed E-state index contributed by atoms with van der Waals surface area (Å²) in [6.45, 7) is 0. The number of hydrogen-bond donors (Lipinski definition) is 1. The van der Waals surface area contributed by atoms with Crippen molar-refractivity contribution in [3.63, 3.8) is 0 Å². The first kappa shape index (κ1) is 31.9. The Morgan fingerprint density at radius 1 is 0.439 bits per heavy atom. The van der Waals surface area contributed by atoms with Crippen molar-refractivity contribution in [1.29, 1.82) is 0 Å². The van der Waals surface area contributed by atoms with E-state index in [9.17, 15) is 0 Å². The van der Waals surface area contributed by atoms with E-state index in [4.69, 9.17) is 19.1 Å². The number of nitrogens with zero attached hydrogens (tertiary/aromatic N) is 3. The van der Waals surface area contributed by atoms with Gasteiger partial charge in [0.2, 0.25) is 0 Å². The molecule has 8 aromatic carbocycles. The second-order valence-electron chi connectivity index (χ2n) is 14.8. The molecule has 57 heavy (non-hydrogen) atoms. The van der Waals surface area contributed by atoms with Gasteiger partial charge in [-0.15, -0.1) is 0 Å². The van der Waals surface area contributed by atoms with Crippen LogP contribution in [-0.4, -0.2) is 10.4 Å². The fourth-order valence-electron chi connectivity index (χ4n) is 8.64. The van der Waals surface area contributed by atoms with Gasteiger partial charge in [0.1, 0.15) is 28.2 Å². The fraction of sp³-hybridized carbons (Fsp3) is 0.0392. The summed E-state index contributed by atoms with van der Waals surface area (Å²) in [5.41, 5.74) is 12.2. The Labute approximate surface area is 327 Å². The van der Waals surface area contributed by atoms with E-state index < -0.39 is 0 Å². The molecule has 6 heteroatoms. The minimum atomic E-state index is -0.327. The maximum absolute atomic E-state index is 6.51. The van der Waals surface area contributed by atoms with Crippen molar-refractivity contribution < 1.29 is 8.83 Å². The molecule has 0 bridgehead atoms. The molecule has 0 saturated heterocycles. The van der Waals surface area contributed by atoms with Crippen molar-refractivity contribution in [2.75, 3.05) is 0 Å². The van der Waals surface area contributed by atoms with Gasteiger partial charge in [0.25, 0.3) is 0 Å². The molecule has 2 atom stereocenters. The number of amidine groups is 1. The molecule has 0 saturated carbocycles. The number of para-hydroxylation sites is 2. The summed E-state index contributed by atoms with van der Waals surface area (Å²) in [6.07, 6.45) is -0.630. The average Bonchev–Trinajstić information content (AvgIpc) is 3.95. The van der Waals surface area contributed by atoms with Crippen LogP contribution in [0.3, 0.4) is 0 Å². The highest BCUT2D eigenvalue weighted by Gasteiger charge is 2.19. The summed E-state index contributed by atoms with van der Waals surface area (Å²) < 4.78 is 15.2. The number of benzene rings is 8. The summed E-state index contributed by atoms with van der Waals surface area (Å²) in [5.74, 6) is 0.823. The van der Waals surface area contributed by atoms with E-state index >= 15 is 0 Å². The second kappa shape index (κ2) is 12.6. The molecule has 0 spiro atoms. The van der Waals surface area contributed by atoms with Crippen LogP contribution in [0.1, 0.15) is 29.0 Å². The molecule has 3 aromatic heterocycles. The summed E-state index contributed by atoms with van der Waals surface area (Å²) in [5, 5.41) is 15.6. The van der Waals surface area contributed by atoms with E-state index in [-0.39, 0.29) is 12.3 Å². The van der Waals surface area contributed by atoms with Crippen molar-refractivity contribution in [2.45, 2.75) is 12.3 Å². The maximum Gasteiger partial charge on any atom is 0.135 e. The zero-order valence-corrected chi connectivity index (χ0v) is 30.6. The van der Waals surface area contributed by atoms with Gasteiger partial charge in [-0.05, 0) is 95.2 Å². The third-order valence-electron chi connectivity index (χ3n) is 11.4. The van der Waals surface area contributed by atoms with Crippen LogP contribution in [0.15, 0.2) is 196 Å². The molecule has 1 aliphatic heterocycles. The molecule has 1 aliphatic rings. The van der Waals surface area contributed by atoms with Crippen LogP contribution in [0.4, 0.5) is 0 Å². The van der Waals surface area contributed by atoms with Crippen LogP contribution < -0.4 is 5.32 Å². The first-order valence-electron chi connectivity index (χ1n) is 19.3. The Morgan fingerprint density at radius 3 is 1.72 bits per heavy atom. The maximum atomic E-state index is 6.51. The number of aromatic nitrogens is 1. The van der Waals surface area contributed by atoms with Crippen LogP contribution in [0.5, 0.6) is 0 Å². The monoisotopic (exact) mass is 733 g/mol. The zero-order valence-electron chi connectivity index (χ0n) is 30.6. The number of aliphatic imine (C=N–C) groups is 1. The van der Waals surface area contributed by atoms with Crippen molar-refractivity contribution in [2.24, 2.45) is 4.99 Å². The lowest BCUT2D eigenvalue weighted by atomic mass is 10.00. The number of hydrogen-bond acceptors (Lipinski definition) is 4. The summed E-state index contributed by atoms with van der Waals surface area (Å²) in [4.78, 5) is 5.01. The van der Waals surface area contributed by atoms with Gasteiger partial charge in [-0.2, -0.15) is 0 Å². The number of fused-ring (bicyclic) bond motifs is 9. The summed E-state index contributed by atoms with van der Waals surface area (Å²) in [6, 6.07) is 63.6. The van der Waals surface area contributed by atoms with Crippen molar-refractivity contribution in [1.82, 2.24) is 9.88 Å². The molecule has 1 N–H and O–H groups in total. The van der Waals surface area contributed by atoms with Gasteiger partial charge in [-0.3, -0.25) is 4.99 Å². The Kier molecular flexibility index (Phi) is 7.03. The van der Waals surface area contributed by atoms with E-state index in [1.165, 1.54) is 21.8 Å². The first-order valence-corrected chi connectivity index (χ1v) is 19.3. The molecule has 270 valence electrons. The van der Waals surface area contributed by atoms with Gasteiger partial charge in [-0.25, -0.2) is 0 Å². The van der Waals surface area contributed by atoms with Crippen LogP contribution in [0.2, 0.25) is 0 Å². The van der Waals surface area contributed by atoms with Gasteiger partial charge in [0.05, 0.1) is 11.0 Å². The Bertz CT molecular complexity index is 3320.